The second kappa shape index (κ2) is 10.5. The summed E-state index contributed by atoms with van der Waals surface area (Å²) in [5.74, 6) is 5.81. The zero-order valence-corrected chi connectivity index (χ0v) is 25.3. The number of hydrogen-bond donors (Lipinski definition) is 0. The summed E-state index contributed by atoms with van der Waals surface area (Å²) >= 11 is 0. The highest BCUT2D eigenvalue weighted by Gasteiger charge is 2.59. The number of esters is 1. The van der Waals surface area contributed by atoms with Gasteiger partial charge in [-0.15, -0.1) is 0 Å². The van der Waals surface area contributed by atoms with E-state index in [2.05, 4.69) is 51.8 Å². The first-order valence-corrected chi connectivity index (χ1v) is 16.3. The Morgan fingerprint density at radius 1 is 1.10 bits per heavy atom. The van der Waals surface area contributed by atoms with E-state index >= 15 is 0 Å². The molecule has 1 aromatic heterocycles. The van der Waals surface area contributed by atoms with E-state index in [9.17, 15) is 4.79 Å². The number of fused-ring (bicyclic) bond motifs is 6. The van der Waals surface area contributed by atoms with Gasteiger partial charge < -0.3 is 9.30 Å². The SMILES string of the molecule is CC(C)CCC[C@@H](C)[C@H]1CC[C@H]2[C@@H]3CC=C4CC(OC(=O)c5cnc6n5CCC=C6)CC[C@]4(C)[C@H]3CC[C@]12C. The molecule has 2 heterocycles. The van der Waals surface area contributed by atoms with Gasteiger partial charge in [-0.2, -0.15) is 0 Å². The van der Waals surface area contributed by atoms with E-state index in [0.29, 0.717) is 11.1 Å². The van der Waals surface area contributed by atoms with Crippen LogP contribution in [-0.4, -0.2) is 21.6 Å². The van der Waals surface area contributed by atoms with Crippen LogP contribution in [-0.2, 0) is 11.3 Å². The van der Waals surface area contributed by atoms with Crippen molar-refractivity contribution in [1.29, 1.82) is 0 Å². The van der Waals surface area contributed by atoms with Crippen LogP contribution < -0.4 is 0 Å². The van der Waals surface area contributed by atoms with Crippen molar-refractivity contribution in [3.63, 3.8) is 0 Å². The van der Waals surface area contributed by atoms with Crippen molar-refractivity contribution in [2.75, 3.05) is 0 Å². The average Bonchev–Trinajstić information content (AvgIpc) is 3.50. The number of carbonyl (C=O) groups excluding carboxylic acids is 1. The molecule has 0 saturated heterocycles. The third-order valence-corrected chi connectivity index (χ3v) is 12.4. The van der Waals surface area contributed by atoms with Crippen LogP contribution in [0.15, 0.2) is 23.9 Å². The fourth-order valence-electron chi connectivity index (χ4n) is 10.3. The van der Waals surface area contributed by atoms with Crippen molar-refractivity contribution in [3.05, 3.63) is 35.4 Å². The molecule has 8 atom stereocenters. The molecule has 214 valence electrons. The minimum absolute atomic E-state index is 0.00457. The molecular formula is C35H52N2O2. The Bertz CT molecular complexity index is 1130. The second-order valence-corrected chi connectivity index (χ2v) is 14.9. The van der Waals surface area contributed by atoms with Crippen molar-refractivity contribution in [2.45, 2.75) is 124 Å². The molecule has 39 heavy (non-hydrogen) atoms. The van der Waals surface area contributed by atoms with Gasteiger partial charge in [-0.05, 0) is 104 Å². The Balaban J connectivity index is 1.12. The minimum Gasteiger partial charge on any atom is -0.457 e. The number of carbonyl (C=O) groups is 1. The van der Waals surface area contributed by atoms with Crippen LogP contribution >= 0.6 is 0 Å². The van der Waals surface area contributed by atoms with Crippen molar-refractivity contribution in [3.8, 4) is 0 Å². The van der Waals surface area contributed by atoms with Crippen LogP contribution in [0.1, 0.15) is 128 Å². The summed E-state index contributed by atoms with van der Waals surface area (Å²) in [4.78, 5) is 17.6. The van der Waals surface area contributed by atoms with E-state index in [1.807, 2.05) is 10.6 Å². The first kappa shape index (κ1) is 27.3. The lowest BCUT2D eigenvalue weighted by Gasteiger charge is -2.58. The molecule has 4 heteroatoms. The van der Waals surface area contributed by atoms with Crippen molar-refractivity contribution in [1.82, 2.24) is 9.55 Å². The molecule has 1 aliphatic heterocycles. The summed E-state index contributed by atoms with van der Waals surface area (Å²) < 4.78 is 8.15. The van der Waals surface area contributed by atoms with Crippen LogP contribution in [0.25, 0.3) is 6.08 Å². The van der Waals surface area contributed by atoms with E-state index in [1.54, 1.807) is 11.8 Å². The summed E-state index contributed by atoms with van der Waals surface area (Å²) in [6.07, 6.45) is 23.6. The molecule has 0 aromatic carbocycles. The van der Waals surface area contributed by atoms with E-state index in [0.717, 1.165) is 73.6 Å². The van der Waals surface area contributed by atoms with E-state index in [1.165, 1.54) is 51.4 Å². The molecule has 6 rings (SSSR count). The maximum atomic E-state index is 13.1. The molecule has 0 bridgehead atoms. The Hall–Kier alpha value is -1.84. The topological polar surface area (TPSA) is 44.1 Å². The van der Waals surface area contributed by atoms with Crippen LogP contribution in [0.4, 0.5) is 0 Å². The lowest BCUT2D eigenvalue weighted by Crippen LogP contribution is -2.51. The zero-order chi connectivity index (χ0) is 27.4. The van der Waals surface area contributed by atoms with Crippen LogP contribution in [0.2, 0.25) is 0 Å². The molecule has 4 aliphatic carbocycles. The van der Waals surface area contributed by atoms with E-state index in [4.69, 9.17) is 4.74 Å². The number of rotatable bonds is 7. The monoisotopic (exact) mass is 532 g/mol. The lowest BCUT2D eigenvalue weighted by molar-refractivity contribution is -0.0595. The molecule has 0 radical (unpaired) electrons. The summed E-state index contributed by atoms with van der Waals surface area (Å²) in [7, 11) is 0. The maximum Gasteiger partial charge on any atom is 0.356 e. The predicted molar refractivity (Wildman–Crippen MR) is 158 cm³/mol. The fraction of sp³-hybridized carbons (Fsp3) is 0.771. The highest BCUT2D eigenvalue weighted by molar-refractivity contribution is 5.88. The first-order chi connectivity index (χ1) is 18.7. The molecule has 1 aromatic rings. The third kappa shape index (κ3) is 4.76. The Morgan fingerprint density at radius 3 is 2.77 bits per heavy atom. The number of hydrogen-bond acceptors (Lipinski definition) is 3. The zero-order valence-electron chi connectivity index (χ0n) is 25.3. The molecule has 3 fully saturated rings. The quantitative estimate of drug-likeness (QED) is 0.260. The van der Waals surface area contributed by atoms with Crippen LogP contribution in [0.3, 0.4) is 0 Å². The summed E-state index contributed by atoms with van der Waals surface area (Å²) in [6.45, 7) is 13.4. The normalized spacial score (nSPS) is 37.9. The number of allylic oxidation sites excluding steroid dienone is 2. The standard InChI is InChI=1S/C35H52N2O2/c1-23(2)9-8-10-24(3)28-14-15-29-27-13-12-25-21-26(16-18-34(25,4)30(27)17-19-35(28,29)5)39-33(38)31-22-36-32-11-6-7-20-37(31)32/h6,11-12,22-24,26-30H,7-10,13-21H2,1-5H3/t24-,26?,27+,28-,29+,30+,34+,35-/m1/s1. The Kier molecular flexibility index (Phi) is 7.38. The van der Waals surface area contributed by atoms with Crippen molar-refractivity contribution in [2.24, 2.45) is 46.3 Å². The number of ether oxygens (including phenoxy) is 1. The predicted octanol–water partition coefficient (Wildman–Crippen LogP) is 8.87. The molecular weight excluding hydrogens is 480 g/mol. The third-order valence-electron chi connectivity index (χ3n) is 12.4. The molecule has 0 amide bonds. The average molecular weight is 533 g/mol. The van der Waals surface area contributed by atoms with Crippen molar-refractivity contribution >= 4 is 12.0 Å². The molecule has 4 nitrogen and oxygen atoms in total. The van der Waals surface area contributed by atoms with Gasteiger partial charge in [0.05, 0.1) is 6.20 Å². The molecule has 0 spiro atoms. The number of nitrogens with zero attached hydrogens (tertiary/aromatic N) is 2. The summed E-state index contributed by atoms with van der Waals surface area (Å²) in [5, 5.41) is 0. The van der Waals surface area contributed by atoms with Gasteiger partial charge >= 0.3 is 5.97 Å². The van der Waals surface area contributed by atoms with Crippen LogP contribution in [0, 0.1) is 46.3 Å². The molecule has 5 aliphatic rings. The van der Waals surface area contributed by atoms with Gasteiger partial charge in [-0.1, -0.05) is 71.6 Å². The van der Waals surface area contributed by atoms with E-state index in [-0.39, 0.29) is 17.5 Å². The largest absolute Gasteiger partial charge is 0.457 e. The van der Waals surface area contributed by atoms with Gasteiger partial charge in [0.25, 0.3) is 0 Å². The van der Waals surface area contributed by atoms with Gasteiger partial charge in [0.15, 0.2) is 0 Å². The number of aromatic nitrogens is 2. The first-order valence-electron chi connectivity index (χ1n) is 16.3. The van der Waals surface area contributed by atoms with Gasteiger partial charge in [-0.3, -0.25) is 0 Å². The highest BCUT2D eigenvalue weighted by Crippen LogP contribution is 2.67. The van der Waals surface area contributed by atoms with Gasteiger partial charge in [0, 0.05) is 13.0 Å². The maximum absolute atomic E-state index is 13.1. The molecule has 0 N–H and O–H groups in total. The van der Waals surface area contributed by atoms with Gasteiger partial charge in [0.1, 0.15) is 17.6 Å². The lowest BCUT2D eigenvalue weighted by atomic mass is 9.47. The molecule has 1 unspecified atom stereocenters. The highest BCUT2D eigenvalue weighted by atomic mass is 16.5. The molecule has 3 saturated carbocycles. The summed E-state index contributed by atoms with van der Waals surface area (Å²) in [6, 6.07) is 0. The Labute approximate surface area is 237 Å². The van der Waals surface area contributed by atoms with E-state index < -0.39 is 0 Å². The van der Waals surface area contributed by atoms with Gasteiger partial charge in [0.2, 0.25) is 0 Å². The second-order valence-electron chi connectivity index (χ2n) is 14.9. The minimum atomic E-state index is -0.195. The van der Waals surface area contributed by atoms with Gasteiger partial charge in [-0.25, -0.2) is 9.78 Å². The van der Waals surface area contributed by atoms with Crippen molar-refractivity contribution < 1.29 is 9.53 Å². The van der Waals surface area contributed by atoms with Crippen LogP contribution in [0.5, 0.6) is 0 Å². The number of imidazole rings is 1. The Morgan fingerprint density at radius 2 is 1.95 bits per heavy atom. The summed E-state index contributed by atoms with van der Waals surface area (Å²) in [5.41, 5.74) is 3.02. The smallest absolute Gasteiger partial charge is 0.356 e. The fourth-order valence-corrected chi connectivity index (χ4v) is 10.3.